The lowest BCUT2D eigenvalue weighted by Gasteiger charge is -2.25. The van der Waals surface area contributed by atoms with Crippen LogP contribution in [0.1, 0.15) is 182 Å². The summed E-state index contributed by atoms with van der Waals surface area (Å²) in [4.78, 5) is 131. The highest BCUT2D eigenvalue weighted by atomic mass is 16.2. The van der Waals surface area contributed by atoms with E-state index >= 15 is 0 Å². The quantitative estimate of drug-likeness (QED) is 0.0338. The van der Waals surface area contributed by atoms with E-state index in [-0.39, 0.29) is 103 Å². The maximum Gasteiger partial charge on any atom is 0.315 e. The Balaban J connectivity index is 5.52. The van der Waals surface area contributed by atoms with Gasteiger partial charge >= 0.3 is 12.1 Å². The smallest absolute Gasteiger partial charge is 0.315 e. The van der Waals surface area contributed by atoms with E-state index in [1.54, 1.807) is 13.8 Å². The van der Waals surface area contributed by atoms with Crippen molar-refractivity contribution < 1.29 is 47.9 Å². The zero-order valence-electron chi connectivity index (χ0n) is 46.7. The number of amides is 7. The molecule has 0 spiro atoms. The molecule has 17 nitrogen and oxygen atoms in total. The molecular weight excluding hydrogens is 907 g/mol. The number of hydrogen-bond donors (Lipinski definition) is 7. The second kappa shape index (κ2) is 33.9. The second-order valence-electron chi connectivity index (χ2n) is 22.6. The van der Waals surface area contributed by atoms with Gasteiger partial charge in [-0.25, -0.2) is 9.59 Å². The Morgan fingerprint density at radius 3 is 1.11 bits per heavy atom. The van der Waals surface area contributed by atoms with Gasteiger partial charge in [0, 0.05) is 69.0 Å². The van der Waals surface area contributed by atoms with Crippen molar-refractivity contribution >= 4 is 58.7 Å². The average molecular weight is 1000 g/mol. The first-order valence-corrected chi connectivity index (χ1v) is 26.4. The molecule has 0 aliphatic rings. The van der Waals surface area contributed by atoms with Crippen molar-refractivity contribution in [2.75, 3.05) is 13.1 Å². The van der Waals surface area contributed by atoms with Crippen molar-refractivity contribution in [3.05, 3.63) is 0 Å². The number of ketones is 5. The molecule has 0 aromatic heterocycles. The van der Waals surface area contributed by atoms with E-state index in [0.29, 0.717) is 50.5 Å². The van der Waals surface area contributed by atoms with Crippen LogP contribution in [-0.4, -0.2) is 102 Å². The largest absolute Gasteiger partial charge is 0.346 e. The van der Waals surface area contributed by atoms with Gasteiger partial charge in [-0.2, -0.15) is 0 Å². The van der Waals surface area contributed by atoms with E-state index in [1.165, 1.54) is 20.8 Å². The Morgan fingerprint density at radius 1 is 0.394 bits per heavy atom. The van der Waals surface area contributed by atoms with Crippen LogP contribution in [0.3, 0.4) is 0 Å². The molecule has 7 N–H and O–H groups in total. The monoisotopic (exact) mass is 1000 g/mol. The average Bonchev–Trinajstić information content (AvgIpc) is 3.24. The van der Waals surface area contributed by atoms with Crippen LogP contribution in [0.5, 0.6) is 0 Å². The van der Waals surface area contributed by atoms with E-state index in [2.05, 4.69) is 58.0 Å². The minimum Gasteiger partial charge on any atom is -0.346 e. The SMILES string of the molecule is CC(=O)[C@H](C)NC(=O)[C@@H](CC(=O)[C@H](C)NC(=O)[C@@H](CC(=O)[C@H](C)NC(=O)[C@@H](CC(=O)[C@H](C)NC(=O)NC[C@@H](CC(=O)CC[C@H](C)NC(=O)NC[C@@H](C)C(C)C)CC(C)C)CC(C)C)CC(C)C)CC(C)C. The van der Waals surface area contributed by atoms with Crippen molar-refractivity contribution in [1.82, 2.24) is 37.2 Å². The number of rotatable bonds is 36. The van der Waals surface area contributed by atoms with E-state index in [1.807, 2.05) is 62.3 Å². The molecule has 0 rings (SSSR count). The highest BCUT2D eigenvalue weighted by Crippen LogP contribution is 2.22. The maximum absolute atomic E-state index is 13.7. The summed E-state index contributed by atoms with van der Waals surface area (Å²) in [6.45, 7) is 32.0. The minimum atomic E-state index is -0.997. The molecule has 10 atom stereocenters. The summed E-state index contributed by atoms with van der Waals surface area (Å²) in [5, 5.41) is 19.5. The molecule has 0 aromatic carbocycles. The van der Waals surface area contributed by atoms with Gasteiger partial charge in [-0.1, -0.05) is 76.2 Å². The zero-order valence-corrected chi connectivity index (χ0v) is 46.7. The minimum absolute atomic E-state index is 0.0137. The molecule has 71 heavy (non-hydrogen) atoms. The van der Waals surface area contributed by atoms with E-state index in [9.17, 15) is 47.9 Å². The molecule has 408 valence electrons. The summed E-state index contributed by atoms with van der Waals surface area (Å²) in [6.07, 6.45) is 2.24. The number of urea groups is 2. The first kappa shape index (κ1) is 66.3. The molecular formula is C54H97N7O10. The third kappa shape index (κ3) is 29.4. The molecule has 0 aliphatic heterocycles. The van der Waals surface area contributed by atoms with Crippen LogP contribution >= 0.6 is 0 Å². The Labute approximate surface area is 427 Å². The number of nitrogens with one attached hydrogen (secondary N) is 7. The molecule has 17 heteroatoms. The van der Waals surface area contributed by atoms with Crippen LogP contribution in [0, 0.1) is 59.2 Å². The lowest BCUT2D eigenvalue weighted by atomic mass is 9.88. The lowest BCUT2D eigenvalue weighted by molar-refractivity contribution is -0.135. The van der Waals surface area contributed by atoms with Gasteiger partial charge in [-0.15, -0.1) is 0 Å². The number of hydrogen-bond acceptors (Lipinski definition) is 10. The van der Waals surface area contributed by atoms with Crippen molar-refractivity contribution in [2.45, 2.75) is 212 Å². The van der Waals surface area contributed by atoms with E-state index < -0.39 is 71.5 Å². The fraction of sp³-hybridized carbons (Fsp3) is 0.815. The normalized spacial score (nSPS) is 15.9. The maximum atomic E-state index is 13.7. The van der Waals surface area contributed by atoms with Crippen molar-refractivity contribution in [3.8, 4) is 0 Å². The van der Waals surface area contributed by atoms with Crippen molar-refractivity contribution in [2.24, 2.45) is 59.2 Å². The lowest BCUT2D eigenvalue weighted by Crippen LogP contribution is -2.48. The Kier molecular flexibility index (Phi) is 31.6. The predicted octanol–water partition coefficient (Wildman–Crippen LogP) is 7.02. The summed E-state index contributed by atoms with van der Waals surface area (Å²) >= 11 is 0. The third-order valence-corrected chi connectivity index (χ3v) is 13.0. The van der Waals surface area contributed by atoms with Crippen LogP contribution in [-0.2, 0) is 38.4 Å². The predicted molar refractivity (Wildman–Crippen MR) is 279 cm³/mol. The fourth-order valence-electron chi connectivity index (χ4n) is 8.18. The van der Waals surface area contributed by atoms with Gasteiger partial charge in [-0.3, -0.25) is 38.4 Å². The Hall–Kier alpha value is -4.70. The van der Waals surface area contributed by atoms with Crippen LogP contribution < -0.4 is 37.2 Å². The Bertz CT molecular complexity index is 1750. The van der Waals surface area contributed by atoms with Crippen LogP contribution in [0.15, 0.2) is 0 Å². The second-order valence-corrected chi connectivity index (χ2v) is 22.6. The molecule has 0 saturated carbocycles. The van der Waals surface area contributed by atoms with Gasteiger partial charge in [0.25, 0.3) is 0 Å². The van der Waals surface area contributed by atoms with E-state index in [0.717, 1.165) is 0 Å². The molecule has 0 aromatic rings. The highest BCUT2D eigenvalue weighted by Gasteiger charge is 2.33. The number of Topliss-reactive ketones (excluding diaryl/α,β-unsaturated/α-hetero) is 5. The molecule has 0 heterocycles. The van der Waals surface area contributed by atoms with Crippen molar-refractivity contribution in [1.29, 1.82) is 0 Å². The molecule has 7 amide bonds. The first-order valence-electron chi connectivity index (χ1n) is 26.4. The van der Waals surface area contributed by atoms with Crippen molar-refractivity contribution in [3.63, 3.8) is 0 Å². The number of carbonyl (C=O) groups excluding carboxylic acids is 10. The molecule has 0 radical (unpaired) electrons. The van der Waals surface area contributed by atoms with Crippen LogP contribution in [0.2, 0.25) is 0 Å². The van der Waals surface area contributed by atoms with Gasteiger partial charge in [0.2, 0.25) is 17.7 Å². The molecule has 0 aliphatic carbocycles. The summed E-state index contributed by atoms with van der Waals surface area (Å²) in [5.41, 5.74) is 0. The third-order valence-electron chi connectivity index (χ3n) is 13.0. The molecule has 0 bridgehead atoms. The first-order chi connectivity index (χ1) is 32.8. The van der Waals surface area contributed by atoms with Crippen LogP contribution in [0.4, 0.5) is 9.59 Å². The summed E-state index contributed by atoms with van der Waals surface area (Å²) in [7, 11) is 0. The standard InChI is InChI=1S/C54H97N7O10/c1-30(2)20-42(24-46(63)19-18-36(12)57-53(70)55-28-35(11)34(9)10)29-56-54(71)61-40(16)49(66)27-45(23-33(7)8)52(69)60-39(15)48(65)26-44(22-32(5)6)51(68)59-38(14)47(64)25-43(21-31(3)4)50(67)58-37(13)41(17)62/h30-40,42-45H,18-29H2,1-17H3,(H,58,67)(H,59,68)(H,60,69)(H2,55,57,70)(H2,56,61,71)/t35-,36+,37+,38+,39+,40+,42-,43-,44-,45-/m1/s1. The van der Waals surface area contributed by atoms with Gasteiger partial charge in [0.15, 0.2) is 23.1 Å². The summed E-state index contributed by atoms with van der Waals surface area (Å²) < 4.78 is 0. The van der Waals surface area contributed by atoms with Gasteiger partial charge < -0.3 is 37.2 Å². The van der Waals surface area contributed by atoms with Gasteiger partial charge in [-0.05, 0) is 115 Å². The highest BCUT2D eigenvalue weighted by molar-refractivity contribution is 5.97. The zero-order chi connectivity index (χ0) is 54.9. The van der Waals surface area contributed by atoms with Crippen LogP contribution in [0.25, 0.3) is 0 Å². The summed E-state index contributed by atoms with van der Waals surface area (Å²) in [6, 6.07) is -4.63. The molecule has 0 unspecified atom stereocenters. The van der Waals surface area contributed by atoms with Gasteiger partial charge in [0.1, 0.15) is 5.78 Å². The van der Waals surface area contributed by atoms with E-state index in [4.69, 9.17) is 0 Å². The topological polar surface area (TPSA) is 255 Å². The fourth-order valence-corrected chi connectivity index (χ4v) is 8.18. The van der Waals surface area contributed by atoms with Gasteiger partial charge in [0.05, 0.1) is 24.2 Å². The number of carbonyl (C=O) groups is 10. The molecule has 0 fully saturated rings. The summed E-state index contributed by atoms with van der Waals surface area (Å²) in [5.74, 6) is -4.01. The Morgan fingerprint density at radius 2 is 0.746 bits per heavy atom. The molecule has 0 saturated heterocycles.